The molecule has 15 heteroatoms. The van der Waals surface area contributed by atoms with E-state index in [9.17, 15) is 44.7 Å². The number of methoxy groups -OCH3 is 1. The molecule has 1 atom stereocenters. The van der Waals surface area contributed by atoms with Gasteiger partial charge < -0.3 is 19.5 Å². The molecule has 0 aliphatic carbocycles. The SMILES string of the molecule is COC(=O)CCCOc1ccc(C[C@](NC(=O)c2ccc(F)c(C(C)(F)F)c2)(c2ccc(F)cc2)c2cc(F)cc(OC(F)(F)C(F)F)c2)cc1. The number of esters is 1. The zero-order valence-electron chi connectivity index (χ0n) is 26.9. The lowest BCUT2D eigenvalue weighted by Crippen LogP contribution is -2.49. The van der Waals surface area contributed by atoms with Crippen LogP contribution < -0.4 is 14.8 Å². The first-order chi connectivity index (χ1) is 23.9. The van der Waals surface area contributed by atoms with Gasteiger partial charge in [0.05, 0.1) is 24.8 Å². The second-order valence-corrected chi connectivity index (χ2v) is 11.4. The monoisotopic (exact) mass is 727 g/mol. The van der Waals surface area contributed by atoms with Crippen LogP contribution in [0.1, 0.15) is 52.4 Å². The Labute approximate surface area is 286 Å². The van der Waals surface area contributed by atoms with Gasteiger partial charge in [-0.05, 0) is 77.7 Å². The van der Waals surface area contributed by atoms with E-state index in [2.05, 4.69) is 14.8 Å². The summed E-state index contributed by atoms with van der Waals surface area (Å²) in [5.74, 6) is -9.35. The number of carbonyl (C=O) groups is 2. The average molecular weight is 728 g/mol. The maximum Gasteiger partial charge on any atom is 0.461 e. The van der Waals surface area contributed by atoms with Crippen LogP contribution in [0.5, 0.6) is 11.5 Å². The summed E-state index contributed by atoms with van der Waals surface area (Å²) in [7, 11) is 1.24. The Morgan fingerprint density at radius 3 is 2.06 bits per heavy atom. The highest BCUT2D eigenvalue weighted by atomic mass is 19.3. The van der Waals surface area contributed by atoms with Crippen LogP contribution in [0.2, 0.25) is 0 Å². The maximum atomic E-state index is 15.2. The molecule has 0 unspecified atom stereocenters. The number of rotatable bonds is 15. The van der Waals surface area contributed by atoms with E-state index in [1.165, 1.54) is 43.5 Å². The van der Waals surface area contributed by atoms with Crippen molar-refractivity contribution in [2.24, 2.45) is 0 Å². The molecule has 4 aromatic carbocycles. The van der Waals surface area contributed by atoms with Crippen molar-refractivity contribution in [3.05, 3.63) is 130 Å². The molecule has 51 heavy (non-hydrogen) atoms. The Kier molecular flexibility index (Phi) is 11.9. The summed E-state index contributed by atoms with van der Waals surface area (Å²) in [6.07, 6.45) is -9.31. The van der Waals surface area contributed by atoms with Gasteiger partial charge in [-0.15, -0.1) is 0 Å². The number of halogens is 9. The number of ether oxygens (including phenoxy) is 3. The van der Waals surface area contributed by atoms with Crippen LogP contribution in [0.25, 0.3) is 0 Å². The molecular weight excluding hydrogens is 697 g/mol. The molecule has 0 radical (unpaired) electrons. The molecule has 4 rings (SSSR count). The second kappa shape index (κ2) is 15.8. The van der Waals surface area contributed by atoms with Crippen molar-refractivity contribution in [1.82, 2.24) is 5.32 Å². The molecular formula is C36H30F9NO5. The van der Waals surface area contributed by atoms with E-state index in [0.717, 1.165) is 30.3 Å². The van der Waals surface area contributed by atoms with E-state index in [0.29, 0.717) is 42.9 Å². The quantitative estimate of drug-likeness (QED) is 0.0754. The van der Waals surface area contributed by atoms with Crippen molar-refractivity contribution < 1.29 is 63.3 Å². The van der Waals surface area contributed by atoms with Crippen LogP contribution in [0.4, 0.5) is 39.5 Å². The minimum absolute atomic E-state index is 0.000660. The van der Waals surface area contributed by atoms with Crippen LogP contribution in [0, 0.1) is 17.5 Å². The van der Waals surface area contributed by atoms with Gasteiger partial charge in [0, 0.05) is 31.4 Å². The van der Waals surface area contributed by atoms with Crippen molar-refractivity contribution in [2.75, 3.05) is 13.7 Å². The van der Waals surface area contributed by atoms with E-state index in [-0.39, 0.29) is 30.6 Å². The summed E-state index contributed by atoms with van der Waals surface area (Å²) in [5, 5.41) is 2.60. The normalized spacial score (nSPS) is 13.0. The summed E-state index contributed by atoms with van der Waals surface area (Å²) in [4.78, 5) is 25.2. The fourth-order valence-electron chi connectivity index (χ4n) is 5.15. The Morgan fingerprint density at radius 2 is 1.45 bits per heavy atom. The van der Waals surface area contributed by atoms with E-state index in [1.54, 1.807) is 0 Å². The summed E-state index contributed by atoms with van der Waals surface area (Å²) in [5.41, 5.74) is -3.72. The molecule has 0 spiro atoms. The lowest BCUT2D eigenvalue weighted by molar-refractivity contribution is -0.253. The largest absolute Gasteiger partial charge is 0.494 e. The van der Waals surface area contributed by atoms with Crippen LogP contribution in [-0.4, -0.2) is 38.1 Å². The standard InChI is InChI=1S/C36H30F9NO5/c1-34(42,43)29-16-22(7-14-30(29)39)32(48)46-35(23-8-10-25(37)11-9-23,24-17-26(38)19-28(18-24)51-36(44,45)33(40)41)20-21-5-12-27(13-6-21)50-15-3-4-31(47)49-2/h5-14,16-19,33H,3-4,15,20H2,1-2H3,(H,46,48)/t35-/m0/s1. The molecule has 0 heterocycles. The first-order valence-electron chi connectivity index (χ1n) is 15.1. The van der Waals surface area contributed by atoms with Gasteiger partial charge in [0.15, 0.2) is 0 Å². The predicted octanol–water partition coefficient (Wildman–Crippen LogP) is 8.70. The lowest BCUT2D eigenvalue weighted by Gasteiger charge is -2.37. The molecule has 0 bridgehead atoms. The molecule has 272 valence electrons. The zero-order valence-corrected chi connectivity index (χ0v) is 26.9. The first-order valence-corrected chi connectivity index (χ1v) is 15.1. The van der Waals surface area contributed by atoms with Gasteiger partial charge in [0.2, 0.25) is 0 Å². The van der Waals surface area contributed by atoms with E-state index >= 15 is 4.39 Å². The van der Waals surface area contributed by atoms with Gasteiger partial charge in [-0.25, -0.2) is 22.0 Å². The molecule has 0 saturated carbocycles. The molecule has 0 aromatic heterocycles. The number of hydrogen-bond donors (Lipinski definition) is 1. The third-order valence-electron chi connectivity index (χ3n) is 7.65. The minimum atomic E-state index is -5.06. The van der Waals surface area contributed by atoms with Gasteiger partial charge in [-0.2, -0.15) is 17.6 Å². The van der Waals surface area contributed by atoms with Crippen molar-refractivity contribution in [3.8, 4) is 11.5 Å². The van der Waals surface area contributed by atoms with Crippen LogP contribution in [0.15, 0.2) is 84.9 Å². The van der Waals surface area contributed by atoms with E-state index in [4.69, 9.17) is 4.74 Å². The molecule has 4 aromatic rings. The Morgan fingerprint density at radius 1 is 0.784 bits per heavy atom. The number of hydrogen-bond acceptors (Lipinski definition) is 5. The van der Waals surface area contributed by atoms with Crippen molar-refractivity contribution >= 4 is 11.9 Å². The highest BCUT2D eigenvalue weighted by molar-refractivity contribution is 5.95. The van der Waals surface area contributed by atoms with E-state index in [1.807, 2.05) is 0 Å². The van der Waals surface area contributed by atoms with Gasteiger partial charge in [0.1, 0.15) is 29.0 Å². The molecule has 6 nitrogen and oxygen atoms in total. The van der Waals surface area contributed by atoms with Crippen molar-refractivity contribution in [3.63, 3.8) is 0 Å². The maximum absolute atomic E-state index is 15.2. The third-order valence-corrected chi connectivity index (χ3v) is 7.65. The van der Waals surface area contributed by atoms with Gasteiger partial charge in [-0.3, -0.25) is 9.59 Å². The number of alkyl halides is 6. The molecule has 0 aliphatic rings. The minimum Gasteiger partial charge on any atom is -0.494 e. The molecule has 0 fully saturated rings. The summed E-state index contributed by atoms with van der Waals surface area (Å²) in [6.45, 7) is 0.543. The average Bonchev–Trinajstić information content (AvgIpc) is 3.06. The first kappa shape index (κ1) is 38.6. The lowest BCUT2D eigenvalue weighted by atomic mass is 9.77. The highest BCUT2D eigenvalue weighted by Gasteiger charge is 2.45. The Bertz CT molecular complexity index is 1830. The van der Waals surface area contributed by atoms with E-state index < -0.39 is 70.2 Å². The fraction of sp³-hybridized carbons (Fsp3) is 0.278. The topological polar surface area (TPSA) is 73.9 Å². The zero-order chi connectivity index (χ0) is 37.6. The molecule has 1 amide bonds. The number of benzene rings is 4. The molecule has 0 aliphatic heterocycles. The molecule has 1 N–H and O–H groups in total. The summed E-state index contributed by atoms with van der Waals surface area (Å²) < 4.78 is 140. The van der Waals surface area contributed by atoms with Crippen molar-refractivity contribution in [1.29, 1.82) is 0 Å². The van der Waals surface area contributed by atoms with Crippen LogP contribution in [0.3, 0.4) is 0 Å². The predicted molar refractivity (Wildman–Crippen MR) is 165 cm³/mol. The second-order valence-electron chi connectivity index (χ2n) is 11.4. The Hall–Kier alpha value is -5.21. The van der Waals surface area contributed by atoms with Crippen LogP contribution >= 0.6 is 0 Å². The van der Waals surface area contributed by atoms with Gasteiger partial charge >= 0.3 is 18.5 Å². The van der Waals surface area contributed by atoms with Crippen molar-refractivity contribution in [2.45, 2.75) is 50.2 Å². The number of nitrogens with one attached hydrogen (secondary N) is 1. The third kappa shape index (κ3) is 9.73. The Balaban J connectivity index is 1.86. The van der Waals surface area contributed by atoms with Crippen LogP contribution in [-0.2, 0) is 27.4 Å². The summed E-state index contributed by atoms with van der Waals surface area (Å²) >= 11 is 0. The summed E-state index contributed by atoms with van der Waals surface area (Å²) in [6, 6.07) is 14.4. The highest BCUT2D eigenvalue weighted by Crippen LogP contribution is 2.39. The number of amides is 1. The fourth-order valence-corrected chi connectivity index (χ4v) is 5.15. The van der Waals surface area contributed by atoms with Gasteiger partial charge in [-0.1, -0.05) is 24.3 Å². The van der Waals surface area contributed by atoms with Gasteiger partial charge in [0.25, 0.3) is 11.8 Å². The number of carbonyl (C=O) groups excluding carboxylic acids is 2. The molecule has 0 saturated heterocycles. The smallest absolute Gasteiger partial charge is 0.461 e.